The van der Waals surface area contributed by atoms with Gasteiger partial charge in [0.1, 0.15) is 0 Å². The third kappa shape index (κ3) is 2.31. The van der Waals surface area contributed by atoms with E-state index in [-0.39, 0.29) is 12.1 Å². The van der Waals surface area contributed by atoms with Crippen LogP contribution in [0.3, 0.4) is 0 Å². The van der Waals surface area contributed by atoms with E-state index in [0.717, 1.165) is 22.1 Å². The van der Waals surface area contributed by atoms with Crippen LogP contribution in [-0.4, -0.2) is 10.2 Å². The van der Waals surface area contributed by atoms with E-state index in [1.807, 2.05) is 36.4 Å². The molecule has 0 amide bonds. The number of aromatic amines is 1. The molecule has 0 radical (unpaired) electrons. The fourth-order valence-electron chi connectivity index (χ4n) is 2.34. The minimum absolute atomic E-state index is 0.217. The van der Waals surface area contributed by atoms with Gasteiger partial charge in [0.05, 0.1) is 11.1 Å². The molecule has 0 aliphatic rings. The van der Waals surface area contributed by atoms with Gasteiger partial charge in [0.15, 0.2) is 0 Å². The van der Waals surface area contributed by atoms with Crippen molar-refractivity contribution in [3.63, 3.8) is 0 Å². The maximum Gasteiger partial charge on any atom is 0.272 e. The second-order valence-corrected chi connectivity index (χ2v) is 4.69. The molecule has 102 valence electrons. The number of aromatic nitrogens is 2. The van der Waals surface area contributed by atoms with E-state index in [9.17, 15) is 4.79 Å². The van der Waals surface area contributed by atoms with Gasteiger partial charge in [0.25, 0.3) is 5.56 Å². The summed E-state index contributed by atoms with van der Waals surface area (Å²) in [4.78, 5) is 11.8. The molecule has 0 saturated heterocycles. The van der Waals surface area contributed by atoms with E-state index in [0.29, 0.717) is 11.1 Å². The minimum Gasteiger partial charge on any atom is -0.325 e. The van der Waals surface area contributed by atoms with Crippen molar-refractivity contribution >= 4 is 10.8 Å². The quantitative estimate of drug-likeness (QED) is 0.703. The Morgan fingerprint density at radius 1 is 1.14 bits per heavy atom. The van der Waals surface area contributed by atoms with E-state index in [2.05, 4.69) is 16.1 Å². The van der Waals surface area contributed by atoms with Gasteiger partial charge in [0.2, 0.25) is 0 Å². The lowest BCUT2D eigenvalue weighted by Crippen LogP contribution is -2.13. The van der Waals surface area contributed by atoms with Crippen molar-refractivity contribution in [1.29, 1.82) is 0 Å². The Morgan fingerprint density at radius 2 is 1.95 bits per heavy atom. The maximum atomic E-state index is 11.8. The maximum absolute atomic E-state index is 11.8. The van der Waals surface area contributed by atoms with Gasteiger partial charge in [-0.1, -0.05) is 24.1 Å². The Morgan fingerprint density at radius 3 is 2.71 bits per heavy atom. The molecule has 1 aromatic heterocycles. The van der Waals surface area contributed by atoms with Gasteiger partial charge in [-0.2, -0.15) is 5.10 Å². The first-order valence-electron chi connectivity index (χ1n) is 6.51. The molecule has 3 aromatic rings. The number of nitrogens with two attached hydrogens (primary N) is 1. The fraction of sp³-hybridized carbons (Fsp3) is 0.0588. The Balaban J connectivity index is 2.25. The molecule has 0 aliphatic carbocycles. The zero-order chi connectivity index (χ0) is 14.8. The van der Waals surface area contributed by atoms with Crippen molar-refractivity contribution in [3.8, 4) is 23.5 Å². The Bertz CT molecular complexity index is 919. The summed E-state index contributed by atoms with van der Waals surface area (Å²) in [5.74, 6) is 2.62. The number of benzene rings is 2. The molecule has 0 saturated carbocycles. The number of nitrogens with one attached hydrogen (secondary N) is 1. The molecule has 0 atom stereocenters. The molecule has 0 bridgehead atoms. The number of nitrogens with zero attached hydrogens (tertiary/aromatic N) is 1. The number of hydrogen-bond acceptors (Lipinski definition) is 3. The minimum atomic E-state index is -0.217. The number of hydrogen-bond donors (Lipinski definition) is 2. The summed E-state index contributed by atoms with van der Waals surface area (Å²) in [5.41, 5.74) is 8.92. The highest BCUT2D eigenvalue weighted by Gasteiger charge is 2.07. The zero-order valence-corrected chi connectivity index (χ0v) is 11.3. The normalized spacial score (nSPS) is 10.5. The first kappa shape index (κ1) is 13.1. The first-order chi connectivity index (χ1) is 10.2. The molecule has 0 aliphatic heterocycles. The van der Waals surface area contributed by atoms with Crippen LogP contribution in [0.4, 0.5) is 0 Å². The number of fused-ring (bicyclic) bond motifs is 1. The van der Waals surface area contributed by atoms with Gasteiger partial charge in [0, 0.05) is 17.5 Å². The predicted octanol–water partition coefficient (Wildman–Crippen LogP) is 2.03. The standard InChI is InChI=1S/C17H13N3O/c1-2-11-4-3-5-12(8-11)13-6-7-14-15(9-13)16(10-18)19-20-17(14)21/h1,3-9H,10,18H2,(H,20,21). The van der Waals surface area contributed by atoms with Crippen LogP contribution in [-0.2, 0) is 6.54 Å². The average molecular weight is 275 g/mol. The molecular weight excluding hydrogens is 262 g/mol. The molecule has 4 nitrogen and oxygen atoms in total. The molecule has 2 aromatic carbocycles. The van der Waals surface area contributed by atoms with E-state index in [4.69, 9.17) is 12.2 Å². The van der Waals surface area contributed by atoms with E-state index in [1.165, 1.54) is 0 Å². The molecule has 0 spiro atoms. The summed E-state index contributed by atoms with van der Waals surface area (Å²) >= 11 is 0. The molecule has 3 rings (SSSR count). The molecule has 0 unspecified atom stereocenters. The van der Waals surface area contributed by atoms with E-state index < -0.39 is 0 Å². The van der Waals surface area contributed by atoms with Crippen LogP contribution in [0.25, 0.3) is 21.9 Å². The lowest BCUT2D eigenvalue weighted by atomic mass is 10.00. The summed E-state index contributed by atoms with van der Waals surface area (Å²) in [6, 6.07) is 13.3. The Labute approximate surface area is 121 Å². The second-order valence-electron chi connectivity index (χ2n) is 4.69. The summed E-state index contributed by atoms with van der Waals surface area (Å²) in [5, 5.41) is 7.81. The molecule has 21 heavy (non-hydrogen) atoms. The summed E-state index contributed by atoms with van der Waals surface area (Å²) in [7, 11) is 0. The summed E-state index contributed by atoms with van der Waals surface area (Å²) in [6.07, 6.45) is 5.43. The average Bonchev–Trinajstić information content (AvgIpc) is 2.55. The van der Waals surface area contributed by atoms with Gasteiger partial charge < -0.3 is 5.73 Å². The van der Waals surface area contributed by atoms with E-state index in [1.54, 1.807) is 6.07 Å². The van der Waals surface area contributed by atoms with Gasteiger partial charge in [-0.15, -0.1) is 6.42 Å². The summed E-state index contributed by atoms with van der Waals surface area (Å²) in [6.45, 7) is 0.265. The third-order valence-corrected chi connectivity index (χ3v) is 3.42. The number of H-pyrrole nitrogens is 1. The van der Waals surface area contributed by atoms with Crippen molar-refractivity contribution in [1.82, 2.24) is 10.2 Å². The largest absolute Gasteiger partial charge is 0.325 e. The smallest absolute Gasteiger partial charge is 0.272 e. The van der Waals surface area contributed by atoms with Crippen molar-refractivity contribution in [3.05, 3.63) is 64.1 Å². The number of terminal acetylenes is 1. The van der Waals surface area contributed by atoms with Crippen LogP contribution in [0.5, 0.6) is 0 Å². The van der Waals surface area contributed by atoms with Crippen molar-refractivity contribution < 1.29 is 0 Å². The predicted molar refractivity (Wildman–Crippen MR) is 83.6 cm³/mol. The summed E-state index contributed by atoms with van der Waals surface area (Å²) < 4.78 is 0. The first-order valence-corrected chi connectivity index (χ1v) is 6.51. The SMILES string of the molecule is C#Cc1cccc(-c2ccc3c(=O)[nH]nc(CN)c3c2)c1. The third-order valence-electron chi connectivity index (χ3n) is 3.42. The highest BCUT2D eigenvalue weighted by atomic mass is 16.1. The Kier molecular flexibility index (Phi) is 3.27. The van der Waals surface area contributed by atoms with Crippen LogP contribution in [0.2, 0.25) is 0 Å². The molecular formula is C17H13N3O. The molecule has 3 N–H and O–H groups in total. The van der Waals surface area contributed by atoms with Gasteiger partial charge in [-0.3, -0.25) is 4.79 Å². The second kappa shape index (κ2) is 5.23. The zero-order valence-electron chi connectivity index (χ0n) is 11.3. The van der Waals surface area contributed by atoms with Crippen LogP contribution >= 0.6 is 0 Å². The fourth-order valence-corrected chi connectivity index (χ4v) is 2.34. The van der Waals surface area contributed by atoms with Gasteiger partial charge >= 0.3 is 0 Å². The van der Waals surface area contributed by atoms with Crippen LogP contribution in [0.15, 0.2) is 47.3 Å². The van der Waals surface area contributed by atoms with Crippen LogP contribution in [0.1, 0.15) is 11.3 Å². The van der Waals surface area contributed by atoms with Crippen molar-refractivity contribution in [2.45, 2.75) is 6.54 Å². The molecule has 4 heteroatoms. The topological polar surface area (TPSA) is 71.8 Å². The highest BCUT2D eigenvalue weighted by Crippen LogP contribution is 2.24. The van der Waals surface area contributed by atoms with Gasteiger partial charge in [-0.25, -0.2) is 5.10 Å². The van der Waals surface area contributed by atoms with Crippen molar-refractivity contribution in [2.24, 2.45) is 5.73 Å². The lowest BCUT2D eigenvalue weighted by Gasteiger charge is -2.07. The molecule has 0 fully saturated rings. The molecule has 1 heterocycles. The lowest BCUT2D eigenvalue weighted by molar-refractivity contribution is 0.900. The van der Waals surface area contributed by atoms with Crippen molar-refractivity contribution in [2.75, 3.05) is 0 Å². The van der Waals surface area contributed by atoms with Crippen LogP contribution < -0.4 is 11.3 Å². The number of rotatable bonds is 2. The Hall–Kier alpha value is -2.90. The highest BCUT2D eigenvalue weighted by molar-refractivity contribution is 5.88. The van der Waals surface area contributed by atoms with Crippen LogP contribution in [0, 0.1) is 12.3 Å². The monoisotopic (exact) mass is 275 g/mol. The van der Waals surface area contributed by atoms with Gasteiger partial charge in [-0.05, 0) is 35.4 Å². The van der Waals surface area contributed by atoms with E-state index >= 15 is 0 Å².